The highest BCUT2D eigenvalue weighted by Crippen LogP contribution is 2.26. The molecule has 1 fully saturated rings. The number of aryl methyl sites for hydroxylation is 1. The Hall–Kier alpha value is -1.52. The Morgan fingerprint density at radius 3 is 2.70 bits per heavy atom. The Bertz CT molecular complexity index is 1280. The van der Waals surface area contributed by atoms with E-state index < -0.39 is 15.9 Å². The van der Waals surface area contributed by atoms with Gasteiger partial charge in [0, 0.05) is 29.6 Å². The molecular weight excluding hydrogens is 510 g/mol. The number of carbonyl (C=O) groups excluding carboxylic acids is 1. The van der Waals surface area contributed by atoms with Crippen LogP contribution < -0.4 is 4.80 Å². The van der Waals surface area contributed by atoms with Crippen molar-refractivity contribution < 1.29 is 13.2 Å². The van der Waals surface area contributed by atoms with Crippen LogP contribution in [0.25, 0.3) is 10.2 Å². The van der Waals surface area contributed by atoms with E-state index in [2.05, 4.69) is 20.9 Å². The zero-order valence-electron chi connectivity index (χ0n) is 16.1. The van der Waals surface area contributed by atoms with Gasteiger partial charge in [-0.25, -0.2) is 8.42 Å². The maximum absolute atomic E-state index is 13.0. The van der Waals surface area contributed by atoms with Gasteiger partial charge in [-0.3, -0.25) is 4.79 Å². The molecule has 1 atom stereocenters. The molecule has 1 aromatic heterocycles. The van der Waals surface area contributed by atoms with Crippen molar-refractivity contribution in [3.63, 3.8) is 0 Å². The first-order valence-corrected chi connectivity index (χ1v) is 12.8. The molecule has 10 heteroatoms. The van der Waals surface area contributed by atoms with E-state index in [1.807, 2.05) is 29.8 Å². The van der Waals surface area contributed by atoms with Crippen LogP contribution in [0.3, 0.4) is 0 Å². The van der Waals surface area contributed by atoms with Gasteiger partial charge >= 0.3 is 0 Å². The van der Waals surface area contributed by atoms with Crippen LogP contribution >= 0.6 is 38.9 Å². The molecule has 0 spiro atoms. The maximum Gasteiger partial charge on any atom is 0.252 e. The molecule has 1 unspecified atom stereocenters. The summed E-state index contributed by atoms with van der Waals surface area (Å²) in [5.74, 6) is -0.745. The average molecular weight is 529 g/mol. The van der Waals surface area contributed by atoms with E-state index in [1.165, 1.54) is 27.8 Å². The Balaban J connectivity index is 1.59. The van der Waals surface area contributed by atoms with Crippen molar-refractivity contribution in [1.29, 1.82) is 0 Å². The van der Waals surface area contributed by atoms with Gasteiger partial charge in [0.25, 0.3) is 5.91 Å². The fourth-order valence-corrected chi connectivity index (χ4v) is 6.74. The van der Waals surface area contributed by atoms with Crippen LogP contribution in [0.4, 0.5) is 0 Å². The first-order valence-electron chi connectivity index (χ1n) is 9.35. The third kappa shape index (κ3) is 4.27. The number of aromatic nitrogens is 1. The molecule has 0 bridgehead atoms. The lowest BCUT2D eigenvalue weighted by Crippen LogP contribution is -2.42. The summed E-state index contributed by atoms with van der Waals surface area (Å²) in [6.07, 6.45) is 1.24. The van der Waals surface area contributed by atoms with Crippen molar-refractivity contribution in [2.75, 3.05) is 13.1 Å². The molecule has 1 aliphatic heterocycles. The normalized spacial score (nSPS) is 18.8. The van der Waals surface area contributed by atoms with Crippen molar-refractivity contribution in [1.82, 2.24) is 8.87 Å². The molecule has 1 saturated heterocycles. The molecule has 0 N–H and O–H groups in total. The van der Waals surface area contributed by atoms with Crippen LogP contribution in [0.5, 0.6) is 0 Å². The minimum absolute atomic E-state index is 0.132. The number of amides is 1. The van der Waals surface area contributed by atoms with E-state index in [1.54, 1.807) is 12.1 Å². The van der Waals surface area contributed by atoms with Crippen molar-refractivity contribution in [2.24, 2.45) is 18.0 Å². The second-order valence-electron chi connectivity index (χ2n) is 7.16. The molecule has 3 aromatic rings. The van der Waals surface area contributed by atoms with Crippen LogP contribution in [0.1, 0.15) is 12.8 Å². The Labute approximate surface area is 192 Å². The van der Waals surface area contributed by atoms with Gasteiger partial charge in [-0.2, -0.15) is 9.30 Å². The summed E-state index contributed by atoms with van der Waals surface area (Å²) >= 11 is 10.8. The standard InChI is InChI=1S/C20H19BrClN3O3S2/c1-24-17-9-4-14(21)11-18(17)29-20(24)23-19(26)13-3-2-10-25(12-13)30(27,28)16-7-5-15(22)6-8-16/h4-9,11,13H,2-3,10,12H2,1H3. The number of nitrogens with zero attached hydrogens (tertiary/aromatic N) is 3. The second kappa shape index (κ2) is 8.55. The number of carbonyl (C=O) groups is 1. The third-order valence-corrected chi connectivity index (χ3v) is 8.88. The summed E-state index contributed by atoms with van der Waals surface area (Å²) in [6, 6.07) is 12.0. The van der Waals surface area contributed by atoms with Gasteiger partial charge in [-0.05, 0) is 55.3 Å². The number of halogens is 2. The molecule has 0 radical (unpaired) electrons. The lowest BCUT2D eigenvalue weighted by atomic mass is 9.99. The monoisotopic (exact) mass is 527 g/mol. The number of hydrogen-bond acceptors (Lipinski definition) is 4. The number of rotatable bonds is 3. The Morgan fingerprint density at radius 1 is 1.23 bits per heavy atom. The van der Waals surface area contributed by atoms with Gasteiger partial charge in [-0.15, -0.1) is 0 Å². The van der Waals surface area contributed by atoms with Crippen LogP contribution in [-0.4, -0.2) is 36.3 Å². The molecule has 6 nitrogen and oxygen atoms in total. The lowest BCUT2D eigenvalue weighted by Gasteiger charge is -2.30. The molecule has 158 valence electrons. The number of piperidine rings is 1. The number of fused-ring (bicyclic) bond motifs is 1. The van der Waals surface area contributed by atoms with Gasteiger partial charge in [0.15, 0.2) is 4.80 Å². The van der Waals surface area contributed by atoms with Crippen molar-refractivity contribution in [3.8, 4) is 0 Å². The summed E-state index contributed by atoms with van der Waals surface area (Å²) in [6.45, 7) is 0.521. The van der Waals surface area contributed by atoms with Crippen LogP contribution in [0.15, 0.2) is 56.8 Å². The molecule has 0 saturated carbocycles. The van der Waals surface area contributed by atoms with Gasteiger partial charge in [0.2, 0.25) is 10.0 Å². The minimum Gasteiger partial charge on any atom is -0.319 e. The maximum atomic E-state index is 13.0. The van der Waals surface area contributed by atoms with Gasteiger partial charge < -0.3 is 4.57 Å². The molecule has 2 heterocycles. The highest BCUT2D eigenvalue weighted by molar-refractivity contribution is 9.10. The lowest BCUT2D eigenvalue weighted by molar-refractivity contribution is -0.122. The molecule has 2 aromatic carbocycles. The van der Waals surface area contributed by atoms with Crippen molar-refractivity contribution in [2.45, 2.75) is 17.7 Å². The van der Waals surface area contributed by atoms with Crippen LogP contribution in [0.2, 0.25) is 5.02 Å². The fraction of sp³-hybridized carbons (Fsp3) is 0.300. The number of thiazole rings is 1. The summed E-state index contributed by atoms with van der Waals surface area (Å²) < 4.78 is 31.2. The van der Waals surface area contributed by atoms with E-state index >= 15 is 0 Å². The van der Waals surface area contributed by atoms with Gasteiger partial charge in [-0.1, -0.05) is 38.9 Å². The molecular formula is C20H19BrClN3O3S2. The minimum atomic E-state index is -3.68. The third-order valence-electron chi connectivity index (χ3n) is 5.16. The topological polar surface area (TPSA) is 71.7 Å². The Morgan fingerprint density at radius 2 is 1.97 bits per heavy atom. The van der Waals surface area contributed by atoms with E-state index in [0.29, 0.717) is 29.2 Å². The SMILES string of the molecule is Cn1c(=NC(=O)C2CCCN(S(=O)(=O)c3ccc(Cl)cc3)C2)sc2cc(Br)ccc21. The average Bonchev–Trinajstić information content (AvgIpc) is 3.03. The van der Waals surface area contributed by atoms with Gasteiger partial charge in [0.05, 0.1) is 21.0 Å². The van der Waals surface area contributed by atoms with E-state index in [9.17, 15) is 13.2 Å². The first kappa shape index (κ1) is 21.7. The number of sulfonamides is 1. The van der Waals surface area contributed by atoms with Gasteiger partial charge in [0.1, 0.15) is 0 Å². The summed E-state index contributed by atoms with van der Waals surface area (Å²) in [5.41, 5.74) is 0.991. The first-order chi connectivity index (χ1) is 14.3. The molecule has 1 amide bonds. The number of benzene rings is 2. The van der Waals surface area contributed by atoms with E-state index in [4.69, 9.17) is 11.6 Å². The quantitative estimate of drug-likeness (QED) is 0.512. The van der Waals surface area contributed by atoms with Crippen molar-refractivity contribution in [3.05, 3.63) is 56.8 Å². The summed E-state index contributed by atoms with van der Waals surface area (Å²) in [4.78, 5) is 18.0. The predicted octanol–water partition coefficient (Wildman–Crippen LogP) is 4.18. The molecule has 4 rings (SSSR count). The molecule has 1 aliphatic rings. The molecule has 0 aliphatic carbocycles. The van der Waals surface area contributed by atoms with E-state index in [-0.39, 0.29) is 17.3 Å². The highest BCUT2D eigenvalue weighted by atomic mass is 79.9. The summed E-state index contributed by atoms with van der Waals surface area (Å²) in [7, 11) is -1.81. The zero-order chi connectivity index (χ0) is 21.5. The largest absolute Gasteiger partial charge is 0.319 e. The summed E-state index contributed by atoms with van der Waals surface area (Å²) in [5, 5.41) is 0.475. The number of hydrogen-bond donors (Lipinski definition) is 0. The fourth-order valence-electron chi connectivity index (χ4n) is 3.52. The second-order valence-corrected chi connectivity index (χ2v) is 11.5. The van der Waals surface area contributed by atoms with E-state index in [0.717, 1.165) is 14.7 Å². The molecule has 30 heavy (non-hydrogen) atoms. The highest BCUT2D eigenvalue weighted by Gasteiger charge is 2.33. The Kier molecular flexibility index (Phi) is 6.18. The van der Waals surface area contributed by atoms with Crippen LogP contribution in [0, 0.1) is 5.92 Å². The predicted molar refractivity (Wildman–Crippen MR) is 122 cm³/mol. The smallest absolute Gasteiger partial charge is 0.252 e. The van der Waals surface area contributed by atoms with Crippen molar-refractivity contribution >= 4 is 65.0 Å². The zero-order valence-corrected chi connectivity index (χ0v) is 20.1. The van der Waals surface area contributed by atoms with Crippen LogP contribution in [-0.2, 0) is 21.9 Å².